The lowest BCUT2D eigenvalue weighted by atomic mass is 10.1. The normalized spacial score (nSPS) is 39.2. The molecule has 1 unspecified atom stereocenters. The highest BCUT2D eigenvalue weighted by molar-refractivity contribution is 5.86. The molecule has 0 spiro atoms. The molecule has 0 amide bonds. The average Bonchev–Trinajstić information content (AvgIpc) is 2.92. The second-order valence-electron chi connectivity index (χ2n) is 5.02. The topological polar surface area (TPSA) is 128 Å². The fourth-order valence-electron chi connectivity index (χ4n) is 2.59. The van der Waals surface area contributed by atoms with E-state index in [0.717, 1.165) is 0 Å². The first-order valence-corrected chi connectivity index (χ1v) is 6.11. The number of nitrogens with one attached hydrogen (secondary N) is 1. The molecule has 0 aliphatic carbocycles. The van der Waals surface area contributed by atoms with E-state index in [2.05, 4.69) is 15.0 Å². The molecule has 1 fully saturated rings. The van der Waals surface area contributed by atoms with Crippen molar-refractivity contribution in [3.63, 3.8) is 0 Å². The van der Waals surface area contributed by atoms with Crippen LogP contribution in [0.25, 0.3) is 0 Å². The zero-order valence-corrected chi connectivity index (χ0v) is 10.7. The van der Waals surface area contributed by atoms with Gasteiger partial charge in [0.25, 0.3) is 11.4 Å². The Labute approximate surface area is 113 Å². The summed E-state index contributed by atoms with van der Waals surface area (Å²) >= 11 is 0. The minimum absolute atomic E-state index is 0.146. The number of hydrogen-bond donors (Lipinski definition) is 4. The maximum Gasteiger partial charge on any atom is 0.283 e. The van der Waals surface area contributed by atoms with E-state index < -0.39 is 31.1 Å². The zero-order valence-electron chi connectivity index (χ0n) is 10.7. The van der Waals surface area contributed by atoms with E-state index in [1.165, 1.54) is 12.7 Å². The van der Waals surface area contributed by atoms with Crippen LogP contribution in [0.3, 0.4) is 0 Å². The van der Waals surface area contributed by atoms with E-state index in [9.17, 15) is 15.0 Å². The summed E-state index contributed by atoms with van der Waals surface area (Å²) < 4.78 is 5.32. The summed E-state index contributed by atoms with van der Waals surface area (Å²) in [5.74, 6) is 0.323. The summed E-state index contributed by atoms with van der Waals surface area (Å²) in [5.41, 5.74) is -0.243. The van der Waals surface area contributed by atoms with Gasteiger partial charge in [0.15, 0.2) is 12.4 Å². The molecule has 1 saturated heterocycles. The third-order valence-corrected chi connectivity index (χ3v) is 3.74. The summed E-state index contributed by atoms with van der Waals surface area (Å²) in [4.78, 5) is 22.2. The number of aliphatic imine (C=N–C) groups is 1. The number of likely N-dealkylation sites (N-methyl/N-ethyl adjacent to an activating group) is 1. The van der Waals surface area contributed by atoms with Crippen LogP contribution in [-0.2, 0) is 4.74 Å². The van der Waals surface area contributed by atoms with Crippen LogP contribution in [0.1, 0.15) is 0 Å². The maximum absolute atomic E-state index is 11.7. The number of fused-ring (bicyclic) bond motifs is 1. The van der Waals surface area contributed by atoms with Crippen molar-refractivity contribution in [3.8, 4) is 0 Å². The number of aromatic nitrogens is 2. The van der Waals surface area contributed by atoms with Crippen LogP contribution in [0.2, 0.25) is 0 Å². The maximum atomic E-state index is 11.7. The van der Waals surface area contributed by atoms with E-state index in [4.69, 9.17) is 9.84 Å². The predicted octanol–water partition coefficient (Wildman–Crippen LogP) is -2.18. The molecule has 9 nitrogen and oxygen atoms in total. The molecule has 2 aliphatic rings. The minimum atomic E-state index is -1.23. The smallest absolute Gasteiger partial charge is 0.283 e. The Morgan fingerprint density at radius 2 is 2.20 bits per heavy atom. The second-order valence-corrected chi connectivity index (χ2v) is 5.02. The second kappa shape index (κ2) is 4.43. The minimum Gasteiger partial charge on any atom is -0.394 e. The van der Waals surface area contributed by atoms with Crippen molar-refractivity contribution in [1.29, 1.82) is 0 Å². The van der Waals surface area contributed by atoms with Gasteiger partial charge in [-0.2, -0.15) is 9.98 Å². The summed E-state index contributed by atoms with van der Waals surface area (Å²) in [7, 11) is 1.65. The van der Waals surface area contributed by atoms with Gasteiger partial charge in [0.2, 0.25) is 11.9 Å². The molecule has 2 aliphatic heterocycles. The van der Waals surface area contributed by atoms with Gasteiger partial charge in [-0.15, -0.1) is 0 Å². The molecule has 9 heteroatoms. The molecule has 20 heavy (non-hydrogen) atoms. The summed E-state index contributed by atoms with van der Waals surface area (Å²) in [6.07, 6.45) is -1.55. The summed E-state index contributed by atoms with van der Waals surface area (Å²) in [6, 6.07) is 0. The number of aliphatic hydroxyl groups is 3. The van der Waals surface area contributed by atoms with Crippen LogP contribution in [0.15, 0.2) is 16.1 Å². The van der Waals surface area contributed by atoms with Crippen LogP contribution in [-0.4, -0.2) is 69.8 Å². The Morgan fingerprint density at radius 1 is 1.45 bits per heavy atom. The molecule has 0 aromatic carbocycles. The first kappa shape index (κ1) is 13.3. The highest BCUT2D eigenvalue weighted by Crippen LogP contribution is 2.37. The largest absolute Gasteiger partial charge is 0.394 e. The Bertz CT molecular complexity index is 617. The van der Waals surface area contributed by atoms with Gasteiger partial charge in [0.1, 0.15) is 18.5 Å². The van der Waals surface area contributed by atoms with Crippen LogP contribution < -0.4 is 10.0 Å². The molecule has 108 valence electrons. The van der Waals surface area contributed by atoms with Crippen molar-refractivity contribution in [2.24, 2.45) is 4.99 Å². The molecule has 0 radical (unpaired) electrons. The van der Waals surface area contributed by atoms with Crippen LogP contribution in [0, 0.1) is 0 Å². The summed E-state index contributed by atoms with van der Waals surface area (Å²) in [5, 5.41) is 29.1. The van der Waals surface area contributed by atoms with Crippen molar-refractivity contribution < 1.29 is 20.1 Å². The average molecular weight is 283 g/mol. The van der Waals surface area contributed by atoms with Gasteiger partial charge in [-0.1, -0.05) is 0 Å². The SMILES string of the molecule is C[N+]1([C@@H]2O[C@H](CO)[C@@H](O)[C@H]2O)C=Nc2c1nc[nH]c2=O. The van der Waals surface area contributed by atoms with Crippen molar-refractivity contribution in [3.05, 3.63) is 16.7 Å². The lowest BCUT2D eigenvalue weighted by Crippen LogP contribution is -2.57. The molecule has 3 rings (SSSR count). The van der Waals surface area contributed by atoms with E-state index in [1.54, 1.807) is 7.05 Å². The molecule has 5 atom stereocenters. The van der Waals surface area contributed by atoms with E-state index in [1.807, 2.05) is 0 Å². The van der Waals surface area contributed by atoms with Gasteiger partial charge in [-0.3, -0.25) is 4.79 Å². The molecule has 4 N–H and O–H groups in total. The van der Waals surface area contributed by atoms with Crippen molar-refractivity contribution >= 4 is 17.8 Å². The summed E-state index contributed by atoms with van der Waals surface area (Å²) in [6.45, 7) is -0.415. The Balaban J connectivity index is 2.03. The quantitative estimate of drug-likeness (QED) is 0.457. The number of aromatic amines is 1. The number of hydrogen-bond acceptors (Lipinski definition) is 7. The van der Waals surface area contributed by atoms with Gasteiger partial charge in [0.05, 0.1) is 13.7 Å². The lowest BCUT2D eigenvalue weighted by molar-refractivity contribution is -0.0602. The highest BCUT2D eigenvalue weighted by Gasteiger charge is 2.55. The molecule has 0 saturated carbocycles. The molecule has 1 aromatic heterocycles. The van der Waals surface area contributed by atoms with Gasteiger partial charge in [-0.05, 0) is 0 Å². The van der Waals surface area contributed by atoms with Crippen LogP contribution in [0.5, 0.6) is 0 Å². The number of nitrogens with zero attached hydrogens (tertiary/aromatic N) is 3. The van der Waals surface area contributed by atoms with E-state index in [-0.39, 0.29) is 15.7 Å². The first-order valence-electron chi connectivity index (χ1n) is 6.11. The third kappa shape index (κ3) is 1.65. The van der Waals surface area contributed by atoms with E-state index >= 15 is 0 Å². The van der Waals surface area contributed by atoms with Crippen molar-refractivity contribution in [2.45, 2.75) is 24.5 Å². The molecular formula is C11H15N4O5+. The fourth-order valence-corrected chi connectivity index (χ4v) is 2.59. The fraction of sp³-hybridized carbons (Fsp3) is 0.545. The Morgan fingerprint density at radius 3 is 2.85 bits per heavy atom. The highest BCUT2D eigenvalue weighted by atomic mass is 16.6. The number of H-pyrrole nitrogens is 1. The monoisotopic (exact) mass is 283 g/mol. The van der Waals surface area contributed by atoms with E-state index in [0.29, 0.717) is 5.82 Å². The zero-order chi connectivity index (χ0) is 14.5. The number of quaternary nitrogens is 1. The predicted molar refractivity (Wildman–Crippen MR) is 68.5 cm³/mol. The number of ether oxygens (including phenoxy) is 1. The Hall–Kier alpha value is -1.65. The number of aliphatic hydroxyl groups excluding tert-OH is 3. The molecule has 0 bridgehead atoms. The molecule has 3 heterocycles. The first-order chi connectivity index (χ1) is 9.49. The molecular weight excluding hydrogens is 268 g/mol. The standard InChI is InChI=1S/C11H14N4O5/c1-15(11-8(18)7(17)5(2-16)20-11)4-14-6-9(15)12-3-13-10(6)19/h3-5,7-8,11,16-18H,2H2,1H3/p+1/t5-,7-,8-,11-,15?/m1/s1. The van der Waals surface area contributed by atoms with Gasteiger partial charge in [-0.25, -0.2) is 4.48 Å². The Kier molecular flexibility index (Phi) is 2.96. The molecule has 1 aromatic rings. The van der Waals surface area contributed by atoms with Gasteiger partial charge >= 0.3 is 0 Å². The van der Waals surface area contributed by atoms with Crippen molar-refractivity contribution in [1.82, 2.24) is 14.5 Å². The third-order valence-electron chi connectivity index (χ3n) is 3.74. The number of rotatable bonds is 2. The van der Waals surface area contributed by atoms with Crippen LogP contribution >= 0.6 is 0 Å². The van der Waals surface area contributed by atoms with Crippen LogP contribution in [0.4, 0.5) is 11.5 Å². The van der Waals surface area contributed by atoms with Gasteiger partial charge in [0, 0.05) is 0 Å². The van der Waals surface area contributed by atoms with Gasteiger partial charge < -0.3 is 25.0 Å². The van der Waals surface area contributed by atoms with Crippen molar-refractivity contribution in [2.75, 3.05) is 13.7 Å². The lowest BCUT2D eigenvalue weighted by Gasteiger charge is -2.31.